The summed E-state index contributed by atoms with van der Waals surface area (Å²) in [5.74, 6) is 0.477. The molecule has 0 bridgehead atoms. The number of nitrogens with one attached hydrogen (secondary N) is 3. The second-order valence-corrected chi connectivity index (χ2v) is 7.14. The number of benzene rings is 1. The van der Waals surface area contributed by atoms with E-state index in [9.17, 15) is 4.79 Å². The average molecular weight is 522 g/mol. The number of amides is 1. The van der Waals surface area contributed by atoms with Gasteiger partial charge in [0.15, 0.2) is 5.96 Å². The van der Waals surface area contributed by atoms with Gasteiger partial charge in [0.1, 0.15) is 0 Å². The maximum absolute atomic E-state index is 12.1. The highest BCUT2D eigenvalue weighted by molar-refractivity contribution is 14.0. The number of hydrogen-bond donors (Lipinski definition) is 3. The van der Waals surface area contributed by atoms with Crippen LogP contribution in [0.1, 0.15) is 30.9 Å². The topological polar surface area (TPSA) is 81.7 Å². The summed E-state index contributed by atoms with van der Waals surface area (Å²) in [6, 6.07) is 12.2. The van der Waals surface area contributed by atoms with E-state index in [1.54, 1.807) is 24.5 Å². The van der Waals surface area contributed by atoms with Crippen LogP contribution in [0.2, 0.25) is 0 Å². The van der Waals surface area contributed by atoms with Crippen molar-refractivity contribution < 1.29 is 4.79 Å². The molecule has 2 heterocycles. The van der Waals surface area contributed by atoms with E-state index in [0.717, 1.165) is 18.7 Å². The van der Waals surface area contributed by atoms with Gasteiger partial charge in [0.2, 0.25) is 5.91 Å². The minimum atomic E-state index is -0.144. The van der Waals surface area contributed by atoms with Crippen LogP contribution in [0.15, 0.2) is 53.8 Å². The lowest BCUT2D eigenvalue weighted by Gasteiger charge is -2.14. The first-order valence-electron chi connectivity index (χ1n) is 10.2. The highest BCUT2D eigenvalue weighted by atomic mass is 127. The summed E-state index contributed by atoms with van der Waals surface area (Å²) in [5.41, 5.74) is 3.17. The van der Waals surface area contributed by atoms with Crippen molar-refractivity contribution in [3.8, 4) is 0 Å². The van der Waals surface area contributed by atoms with Crippen molar-refractivity contribution in [3.63, 3.8) is 0 Å². The van der Waals surface area contributed by atoms with Crippen LogP contribution in [0.5, 0.6) is 0 Å². The van der Waals surface area contributed by atoms with Gasteiger partial charge in [-0.05, 0) is 56.1 Å². The Balaban J connectivity index is 0.00000320. The number of hydrogen-bond acceptors (Lipinski definition) is 4. The Morgan fingerprint density at radius 3 is 2.50 bits per heavy atom. The molecule has 1 aromatic heterocycles. The van der Waals surface area contributed by atoms with E-state index in [1.165, 1.54) is 31.5 Å². The van der Waals surface area contributed by atoms with Crippen molar-refractivity contribution in [2.75, 3.05) is 31.5 Å². The second kappa shape index (κ2) is 13.2. The number of guanidine groups is 1. The number of aromatic nitrogens is 1. The molecule has 3 N–H and O–H groups in total. The average Bonchev–Trinajstić information content (AvgIpc) is 3.25. The lowest BCUT2D eigenvalue weighted by atomic mass is 10.1. The standard InChI is InChI=1S/C22H30N6O.HI/c1-2-24-22(26-16-21(29)27-20-6-5-11-23-15-20)25-14-18-7-9-19(10-8-18)17-28-12-3-4-13-28;/h5-11,15H,2-4,12-14,16-17H2,1H3,(H,27,29)(H2,24,25,26);1H. The number of carbonyl (C=O) groups excluding carboxylic acids is 1. The number of nitrogens with zero attached hydrogens (tertiary/aromatic N) is 3. The van der Waals surface area contributed by atoms with Crippen LogP contribution < -0.4 is 16.0 Å². The summed E-state index contributed by atoms with van der Waals surface area (Å²) < 4.78 is 0. The molecule has 7 nitrogen and oxygen atoms in total. The first kappa shape index (κ1) is 24.1. The highest BCUT2D eigenvalue weighted by Gasteiger charge is 2.11. The van der Waals surface area contributed by atoms with Gasteiger partial charge in [-0.3, -0.25) is 14.7 Å². The first-order chi connectivity index (χ1) is 14.2. The van der Waals surface area contributed by atoms with E-state index < -0.39 is 0 Å². The normalized spacial score (nSPS) is 14.1. The van der Waals surface area contributed by atoms with E-state index in [0.29, 0.717) is 18.2 Å². The van der Waals surface area contributed by atoms with E-state index in [1.807, 2.05) is 6.92 Å². The maximum Gasteiger partial charge on any atom is 0.243 e. The summed E-state index contributed by atoms with van der Waals surface area (Å²) >= 11 is 0. The minimum absolute atomic E-state index is 0. The molecule has 3 rings (SSSR count). The molecule has 2 aromatic rings. The van der Waals surface area contributed by atoms with Gasteiger partial charge in [-0.1, -0.05) is 24.3 Å². The summed E-state index contributed by atoms with van der Waals surface area (Å²) in [6.45, 7) is 6.86. The fourth-order valence-electron chi connectivity index (χ4n) is 3.27. The molecule has 0 atom stereocenters. The molecular formula is C22H31IN6O. The van der Waals surface area contributed by atoms with Crippen molar-refractivity contribution in [3.05, 3.63) is 59.9 Å². The van der Waals surface area contributed by atoms with Crippen LogP contribution in [0.3, 0.4) is 0 Å². The second-order valence-electron chi connectivity index (χ2n) is 7.14. The number of halogens is 1. The van der Waals surface area contributed by atoms with Gasteiger partial charge < -0.3 is 16.0 Å². The van der Waals surface area contributed by atoms with Gasteiger partial charge in [-0.25, -0.2) is 4.99 Å². The van der Waals surface area contributed by atoms with Crippen molar-refractivity contribution in [2.45, 2.75) is 32.9 Å². The van der Waals surface area contributed by atoms with Crippen LogP contribution in [0.4, 0.5) is 5.69 Å². The Morgan fingerprint density at radius 2 is 1.83 bits per heavy atom. The number of anilines is 1. The Bertz CT molecular complexity index is 791. The quantitative estimate of drug-likeness (QED) is 0.282. The van der Waals surface area contributed by atoms with Crippen molar-refractivity contribution in [1.82, 2.24) is 20.5 Å². The fourth-order valence-corrected chi connectivity index (χ4v) is 3.27. The SMILES string of the molecule is CCNC(=NCc1ccc(CN2CCCC2)cc1)NCC(=O)Nc1cccnc1.I. The fraction of sp³-hybridized carbons (Fsp3) is 0.409. The molecule has 1 aliphatic rings. The molecule has 1 aromatic carbocycles. The van der Waals surface area contributed by atoms with Crippen LogP contribution in [-0.2, 0) is 17.9 Å². The molecule has 0 radical (unpaired) electrons. The molecule has 0 saturated carbocycles. The van der Waals surface area contributed by atoms with E-state index in [2.05, 4.69) is 55.1 Å². The lowest BCUT2D eigenvalue weighted by molar-refractivity contribution is -0.115. The van der Waals surface area contributed by atoms with Gasteiger partial charge in [0.25, 0.3) is 0 Å². The third kappa shape index (κ3) is 8.27. The Hall–Kier alpha value is -2.20. The molecule has 1 amide bonds. The van der Waals surface area contributed by atoms with Crippen molar-refractivity contribution >= 4 is 41.5 Å². The van der Waals surface area contributed by atoms with Crippen molar-refractivity contribution in [1.29, 1.82) is 0 Å². The molecule has 1 saturated heterocycles. The molecule has 0 spiro atoms. The third-order valence-corrected chi connectivity index (χ3v) is 4.75. The molecule has 1 aliphatic heterocycles. The Kier molecular flexibility index (Phi) is 10.6. The number of likely N-dealkylation sites (tertiary alicyclic amines) is 1. The summed E-state index contributed by atoms with van der Waals surface area (Å²) in [7, 11) is 0. The van der Waals surface area contributed by atoms with Crippen LogP contribution >= 0.6 is 24.0 Å². The van der Waals surface area contributed by atoms with Crippen LogP contribution in [-0.4, -0.2) is 47.9 Å². The zero-order valence-electron chi connectivity index (χ0n) is 17.4. The molecule has 8 heteroatoms. The van der Waals surface area contributed by atoms with Gasteiger partial charge >= 0.3 is 0 Å². The largest absolute Gasteiger partial charge is 0.357 e. The molecule has 0 aliphatic carbocycles. The maximum atomic E-state index is 12.1. The highest BCUT2D eigenvalue weighted by Crippen LogP contribution is 2.13. The Morgan fingerprint density at radius 1 is 1.10 bits per heavy atom. The third-order valence-electron chi connectivity index (χ3n) is 4.75. The predicted molar refractivity (Wildman–Crippen MR) is 132 cm³/mol. The van der Waals surface area contributed by atoms with Gasteiger partial charge in [-0.2, -0.15) is 0 Å². The van der Waals surface area contributed by atoms with Gasteiger partial charge in [-0.15, -0.1) is 24.0 Å². The number of rotatable bonds is 8. The summed E-state index contributed by atoms with van der Waals surface area (Å²) in [4.78, 5) is 23.2. The number of carbonyl (C=O) groups is 1. The van der Waals surface area contributed by atoms with E-state index in [4.69, 9.17) is 0 Å². The summed E-state index contributed by atoms with van der Waals surface area (Å²) in [5, 5.41) is 9.04. The predicted octanol–water partition coefficient (Wildman–Crippen LogP) is 2.99. The molecule has 0 unspecified atom stereocenters. The zero-order valence-corrected chi connectivity index (χ0v) is 19.8. The van der Waals surface area contributed by atoms with Gasteiger partial charge in [0.05, 0.1) is 25.0 Å². The van der Waals surface area contributed by atoms with E-state index in [-0.39, 0.29) is 36.4 Å². The number of pyridine rings is 1. The molecule has 30 heavy (non-hydrogen) atoms. The molecule has 1 fully saturated rings. The smallest absolute Gasteiger partial charge is 0.243 e. The first-order valence-corrected chi connectivity index (χ1v) is 10.2. The zero-order chi connectivity index (χ0) is 20.3. The lowest BCUT2D eigenvalue weighted by Crippen LogP contribution is -2.41. The van der Waals surface area contributed by atoms with Crippen LogP contribution in [0.25, 0.3) is 0 Å². The minimum Gasteiger partial charge on any atom is -0.357 e. The van der Waals surface area contributed by atoms with Crippen LogP contribution in [0, 0.1) is 0 Å². The monoisotopic (exact) mass is 522 g/mol. The number of aliphatic imine (C=N–C) groups is 1. The van der Waals surface area contributed by atoms with Gasteiger partial charge in [0, 0.05) is 19.3 Å². The molecular weight excluding hydrogens is 491 g/mol. The van der Waals surface area contributed by atoms with Crippen molar-refractivity contribution in [2.24, 2.45) is 4.99 Å². The van der Waals surface area contributed by atoms with E-state index >= 15 is 0 Å². The summed E-state index contributed by atoms with van der Waals surface area (Å²) in [6.07, 6.45) is 5.91. The molecule has 162 valence electrons. The Labute approximate surface area is 195 Å².